The van der Waals surface area contributed by atoms with Gasteiger partial charge in [0.1, 0.15) is 0 Å². The molecule has 24 valence electrons. The molecule has 0 aromatic heterocycles. The molecule has 4 heavy (non-hydrogen) atoms. The van der Waals surface area contributed by atoms with E-state index in [1.807, 2.05) is 0 Å². The molecule has 0 N–H and O–H groups in total. The van der Waals surface area contributed by atoms with Gasteiger partial charge in [-0.05, 0) is 0 Å². The molecule has 0 amide bonds. The van der Waals surface area contributed by atoms with E-state index in [1.165, 1.54) is 0 Å². The Morgan fingerprint density at radius 2 is 1.50 bits per heavy atom. The molecule has 0 radical (unpaired) electrons. The van der Waals surface area contributed by atoms with E-state index in [0.29, 0.717) is 0 Å². The zero-order valence-corrected chi connectivity index (χ0v) is 6.00. The number of hydrogen-bond donors (Lipinski definition) is 0. The van der Waals surface area contributed by atoms with Crippen LogP contribution < -0.4 is 0 Å². The van der Waals surface area contributed by atoms with E-state index in [0.717, 1.165) is 0 Å². The summed E-state index contributed by atoms with van der Waals surface area (Å²) in [5.74, 6) is 0. The standard InChI is InChI=1S/2CH3.BH2.Sb/h2*1H3;1H2;/q;;+1;-1. The molecule has 0 unspecified atom stereocenters. The van der Waals surface area contributed by atoms with Crippen LogP contribution >= 0.6 is 0 Å². The van der Waals surface area contributed by atoms with Gasteiger partial charge in [-0.25, -0.2) is 0 Å². The Kier molecular flexibility index (Phi) is 2.61. The molecule has 0 aromatic carbocycles. The molecule has 0 saturated carbocycles. The van der Waals surface area contributed by atoms with Gasteiger partial charge in [0.15, 0.2) is 0 Å². The second-order valence-electron chi connectivity index (χ2n) is 1.34. The minimum absolute atomic E-state index is 0.450. The van der Waals surface area contributed by atoms with Gasteiger partial charge in [-0.15, -0.1) is 0 Å². The summed E-state index contributed by atoms with van der Waals surface area (Å²) < 4.78 is 0. The van der Waals surface area contributed by atoms with Crippen LogP contribution in [0.2, 0.25) is 9.74 Å². The zero-order valence-electron chi connectivity index (χ0n) is 3.45. The van der Waals surface area contributed by atoms with Crippen molar-refractivity contribution in [3.8, 4) is 0 Å². The molecule has 0 aromatic rings. The monoisotopic (exact) mass is 164 g/mol. The van der Waals surface area contributed by atoms with E-state index in [1.54, 1.807) is 0 Å². The van der Waals surface area contributed by atoms with Crippen LogP contribution in [0, 0.1) is 0 Å². The van der Waals surface area contributed by atoms with Crippen LogP contribution in [0.15, 0.2) is 0 Å². The summed E-state index contributed by atoms with van der Waals surface area (Å²) in [5, 5.41) is 0. The van der Waals surface area contributed by atoms with Crippen molar-refractivity contribution >= 4 is 25.6 Å². The van der Waals surface area contributed by atoms with E-state index in [-0.39, 0.29) is 0 Å². The Bertz CT molecular complexity index is 10.8. The summed E-state index contributed by atoms with van der Waals surface area (Å²) in [7, 11) is 0. The molecule has 0 nitrogen and oxygen atoms in total. The fraction of sp³-hybridized carbons (Fsp3) is 1.00. The maximum absolute atomic E-state index is 2.35. The van der Waals surface area contributed by atoms with Crippen molar-refractivity contribution in [2.24, 2.45) is 0 Å². The van der Waals surface area contributed by atoms with Crippen LogP contribution in [0.25, 0.3) is 0 Å². The molecule has 0 aliphatic heterocycles. The molecule has 0 fully saturated rings. The number of rotatable bonds is 0. The first-order chi connectivity index (χ1) is 1.73. The fourth-order valence-corrected chi connectivity index (χ4v) is 0. The van der Waals surface area contributed by atoms with Crippen LogP contribution in [-0.2, 0) is 0 Å². The Balaban J connectivity index is 2.32. The van der Waals surface area contributed by atoms with E-state index in [4.69, 9.17) is 0 Å². The van der Waals surface area contributed by atoms with Crippen molar-refractivity contribution in [2.75, 3.05) is 0 Å². The summed E-state index contributed by atoms with van der Waals surface area (Å²) in [6.45, 7) is 0. The van der Waals surface area contributed by atoms with Gasteiger partial charge in [0.05, 0.1) is 0 Å². The summed E-state index contributed by atoms with van der Waals surface area (Å²) in [4.78, 5) is 4.70. The van der Waals surface area contributed by atoms with E-state index >= 15 is 0 Å². The molecule has 2 heteroatoms. The molecule has 0 spiro atoms. The normalized spacial score (nSPS) is 8.75. The maximum atomic E-state index is 2.35. The summed E-state index contributed by atoms with van der Waals surface area (Å²) in [6, 6.07) is 0. The first kappa shape index (κ1) is 4.88. The Morgan fingerprint density at radius 1 is 1.50 bits per heavy atom. The van der Waals surface area contributed by atoms with Crippen LogP contribution in [0.4, 0.5) is 0 Å². The Morgan fingerprint density at radius 3 is 1.50 bits per heavy atom. The first-order valence-electron chi connectivity index (χ1n) is 1.34. The predicted molar refractivity (Wildman–Crippen MR) is 26.0 cm³/mol. The van der Waals surface area contributed by atoms with Crippen LogP contribution in [0.5, 0.6) is 0 Å². The van der Waals surface area contributed by atoms with Crippen molar-refractivity contribution in [1.82, 2.24) is 0 Å². The summed E-state index contributed by atoms with van der Waals surface area (Å²) in [6.07, 6.45) is 0. The molecule has 0 heterocycles. The minimum atomic E-state index is -0.450. The van der Waals surface area contributed by atoms with Gasteiger partial charge in [-0.2, -0.15) is 0 Å². The third kappa shape index (κ3) is 13.1. The molecule has 0 bridgehead atoms. The Labute approximate surface area is 35.7 Å². The average Bonchev–Trinajstić information content (AvgIpc) is 0.811. The molecule has 0 saturated heterocycles. The SMILES string of the molecule is [BH2][Sb]([CH3])[CH3]. The van der Waals surface area contributed by atoms with E-state index in [9.17, 15) is 0 Å². The molecule has 0 aliphatic carbocycles. The van der Waals surface area contributed by atoms with Gasteiger partial charge in [0.25, 0.3) is 0 Å². The summed E-state index contributed by atoms with van der Waals surface area (Å²) >= 11 is -0.450. The van der Waals surface area contributed by atoms with Crippen LogP contribution in [0.1, 0.15) is 0 Å². The topological polar surface area (TPSA) is 0 Å². The summed E-state index contributed by atoms with van der Waals surface area (Å²) in [5.41, 5.74) is 2.35. The van der Waals surface area contributed by atoms with Gasteiger partial charge >= 0.3 is 35.4 Å². The second-order valence-corrected chi connectivity index (χ2v) is 9.00. The molecule has 0 aliphatic rings. The fourth-order valence-electron chi connectivity index (χ4n) is 0. The molecular weight excluding hydrogens is 157 g/mol. The van der Waals surface area contributed by atoms with Crippen molar-refractivity contribution in [3.05, 3.63) is 0 Å². The second kappa shape index (κ2) is 2.14. The molecular formula is C2H8BSb. The van der Waals surface area contributed by atoms with Crippen LogP contribution in [-0.4, -0.2) is 25.6 Å². The van der Waals surface area contributed by atoms with Gasteiger partial charge < -0.3 is 0 Å². The van der Waals surface area contributed by atoms with Gasteiger partial charge in [0.2, 0.25) is 0 Å². The Hall–Kier alpha value is 0.883. The van der Waals surface area contributed by atoms with Crippen molar-refractivity contribution in [3.63, 3.8) is 0 Å². The van der Waals surface area contributed by atoms with Crippen molar-refractivity contribution in [2.45, 2.75) is 9.74 Å². The number of hydrogen-bond acceptors (Lipinski definition) is 0. The van der Waals surface area contributed by atoms with Crippen molar-refractivity contribution < 1.29 is 0 Å². The van der Waals surface area contributed by atoms with E-state index < -0.39 is 20.0 Å². The third-order valence-corrected chi connectivity index (χ3v) is 0. The average molecular weight is 165 g/mol. The first-order valence-corrected chi connectivity index (χ1v) is 9.00. The molecule has 0 rings (SSSR count). The molecule has 0 atom stereocenters. The van der Waals surface area contributed by atoms with Gasteiger partial charge in [0, 0.05) is 0 Å². The zero-order chi connectivity index (χ0) is 3.58. The van der Waals surface area contributed by atoms with Crippen LogP contribution in [0.3, 0.4) is 0 Å². The van der Waals surface area contributed by atoms with Gasteiger partial charge in [-0.3, -0.25) is 0 Å². The van der Waals surface area contributed by atoms with Crippen molar-refractivity contribution in [1.29, 1.82) is 0 Å². The predicted octanol–water partition coefficient (Wildman–Crippen LogP) is -0.129. The van der Waals surface area contributed by atoms with Gasteiger partial charge in [-0.1, -0.05) is 0 Å². The quantitative estimate of drug-likeness (QED) is 0.438. The third-order valence-electron chi connectivity index (χ3n) is 0. The van der Waals surface area contributed by atoms with E-state index in [2.05, 4.69) is 15.4 Å².